The molecule has 0 spiro atoms. The molecule has 0 radical (unpaired) electrons. The summed E-state index contributed by atoms with van der Waals surface area (Å²) in [4.78, 5) is 13.5. The Labute approximate surface area is 182 Å². The van der Waals surface area contributed by atoms with Crippen LogP contribution in [0.4, 0.5) is 0 Å². The lowest BCUT2D eigenvalue weighted by atomic mass is 9.87. The SMILES string of the molecule is CCCOc1nc(Oc2cccc(C(C)(C)C)c2)nc2oc(-c3cccc(C)c3)nc12. The summed E-state index contributed by atoms with van der Waals surface area (Å²) in [6, 6.07) is 16.1. The van der Waals surface area contributed by atoms with E-state index in [4.69, 9.17) is 13.9 Å². The van der Waals surface area contributed by atoms with Crippen molar-refractivity contribution in [1.82, 2.24) is 15.0 Å². The quantitative estimate of drug-likeness (QED) is 0.358. The molecular formula is C25H27N3O3. The number of nitrogens with zero attached hydrogens (tertiary/aromatic N) is 3. The standard InChI is InChI=1S/C25H27N3O3/c1-6-13-29-22-20-23(31-21(26-20)17-10-7-9-16(2)14-17)28-24(27-22)30-19-12-8-11-18(15-19)25(3,4)5/h7-12,14-15H,6,13H2,1-5H3. The maximum absolute atomic E-state index is 5.99. The van der Waals surface area contributed by atoms with Crippen LogP contribution < -0.4 is 9.47 Å². The molecule has 0 aliphatic rings. The van der Waals surface area contributed by atoms with Crippen LogP contribution in [0, 0.1) is 6.92 Å². The second kappa shape index (κ2) is 8.38. The molecule has 0 unspecified atom stereocenters. The van der Waals surface area contributed by atoms with E-state index in [-0.39, 0.29) is 11.4 Å². The lowest BCUT2D eigenvalue weighted by molar-refractivity contribution is 0.302. The van der Waals surface area contributed by atoms with E-state index in [0.29, 0.717) is 35.4 Å². The van der Waals surface area contributed by atoms with Crippen molar-refractivity contribution in [2.24, 2.45) is 0 Å². The van der Waals surface area contributed by atoms with Crippen molar-refractivity contribution >= 4 is 11.2 Å². The Bertz CT molecular complexity index is 1210. The van der Waals surface area contributed by atoms with Crippen LogP contribution >= 0.6 is 0 Å². The fraction of sp³-hybridized carbons (Fsp3) is 0.320. The van der Waals surface area contributed by atoms with E-state index in [1.807, 2.05) is 56.3 Å². The van der Waals surface area contributed by atoms with Gasteiger partial charge in [0.15, 0.2) is 5.52 Å². The molecule has 0 aliphatic heterocycles. The number of aromatic nitrogens is 3. The number of hydrogen-bond donors (Lipinski definition) is 0. The Kier molecular flexibility index (Phi) is 5.63. The largest absolute Gasteiger partial charge is 0.476 e. The van der Waals surface area contributed by atoms with E-state index in [0.717, 1.165) is 23.1 Å². The fourth-order valence-corrected chi connectivity index (χ4v) is 3.16. The van der Waals surface area contributed by atoms with Crippen molar-refractivity contribution in [3.8, 4) is 29.1 Å². The smallest absolute Gasteiger partial charge is 0.328 e. The highest BCUT2D eigenvalue weighted by molar-refractivity contribution is 5.78. The predicted molar refractivity (Wildman–Crippen MR) is 121 cm³/mol. The normalized spacial score (nSPS) is 11.6. The Morgan fingerprint density at radius 3 is 2.52 bits per heavy atom. The van der Waals surface area contributed by atoms with Crippen LogP contribution in [0.2, 0.25) is 0 Å². The molecule has 0 atom stereocenters. The predicted octanol–water partition coefficient (Wildman–Crippen LogP) is 6.47. The zero-order chi connectivity index (χ0) is 22.0. The van der Waals surface area contributed by atoms with Gasteiger partial charge in [0.2, 0.25) is 5.89 Å². The van der Waals surface area contributed by atoms with Gasteiger partial charge in [0.1, 0.15) is 5.75 Å². The molecule has 0 aliphatic carbocycles. The minimum Gasteiger partial charge on any atom is -0.476 e. The molecule has 4 rings (SSSR count). The monoisotopic (exact) mass is 417 g/mol. The lowest BCUT2D eigenvalue weighted by Crippen LogP contribution is -2.10. The first kappa shape index (κ1) is 20.8. The molecule has 2 aromatic heterocycles. The zero-order valence-corrected chi connectivity index (χ0v) is 18.6. The number of oxazole rings is 1. The highest BCUT2D eigenvalue weighted by atomic mass is 16.5. The van der Waals surface area contributed by atoms with Gasteiger partial charge in [-0.25, -0.2) is 4.98 Å². The summed E-state index contributed by atoms with van der Waals surface area (Å²) in [7, 11) is 0. The van der Waals surface area contributed by atoms with E-state index in [2.05, 4.69) is 41.8 Å². The molecule has 0 saturated carbocycles. The summed E-state index contributed by atoms with van der Waals surface area (Å²) in [5, 5.41) is 0. The Hall–Kier alpha value is -3.41. The maximum Gasteiger partial charge on any atom is 0.328 e. The minimum atomic E-state index is 0.00717. The molecule has 2 heterocycles. The summed E-state index contributed by atoms with van der Waals surface area (Å²) >= 11 is 0. The minimum absolute atomic E-state index is 0.00717. The zero-order valence-electron chi connectivity index (χ0n) is 18.6. The molecule has 0 N–H and O–H groups in total. The summed E-state index contributed by atoms with van der Waals surface area (Å²) < 4.78 is 17.8. The van der Waals surface area contributed by atoms with E-state index < -0.39 is 0 Å². The van der Waals surface area contributed by atoms with E-state index in [1.54, 1.807) is 0 Å². The van der Waals surface area contributed by atoms with Gasteiger partial charge < -0.3 is 13.9 Å². The van der Waals surface area contributed by atoms with Gasteiger partial charge in [0.25, 0.3) is 11.6 Å². The first-order chi connectivity index (χ1) is 14.8. The highest BCUT2D eigenvalue weighted by Crippen LogP contribution is 2.32. The molecule has 6 heteroatoms. The summed E-state index contributed by atoms with van der Waals surface area (Å²) in [6.07, 6.45) is 0.845. The molecule has 0 bridgehead atoms. The van der Waals surface area contributed by atoms with Crippen LogP contribution in [0.5, 0.6) is 17.6 Å². The van der Waals surface area contributed by atoms with Gasteiger partial charge in [-0.15, -0.1) is 0 Å². The van der Waals surface area contributed by atoms with E-state index in [9.17, 15) is 0 Å². The lowest BCUT2D eigenvalue weighted by Gasteiger charge is -2.19. The van der Waals surface area contributed by atoms with Gasteiger partial charge in [-0.2, -0.15) is 9.97 Å². The third-order valence-electron chi connectivity index (χ3n) is 4.82. The van der Waals surface area contributed by atoms with Crippen LogP contribution in [0.15, 0.2) is 52.9 Å². The molecule has 0 amide bonds. The van der Waals surface area contributed by atoms with Gasteiger partial charge in [0, 0.05) is 5.56 Å². The van der Waals surface area contributed by atoms with Crippen molar-refractivity contribution in [2.45, 2.75) is 46.5 Å². The highest BCUT2D eigenvalue weighted by Gasteiger charge is 2.19. The summed E-state index contributed by atoms with van der Waals surface area (Å²) in [5.74, 6) is 1.49. The van der Waals surface area contributed by atoms with E-state index >= 15 is 0 Å². The molecule has 31 heavy (non-hydrogen) atoms. The molecule has 4 aromatic rings. The number of hydrogen-bond acceptors (Lipinski definition) is 6. The molecule has 0 fully saturated rings. The molecular weight excluding hydrogens is 390 g/mol. The van der Waals surface area contributed by atoms with Crippen molar-refractivity contribution in [1.29, 1.82) is 0 Å². The van der Waals surface area contributed by atoms with Crippen LogP contribution in [-0.2, 0) is 5.41 Å². The summed E-state index contributed by atoms with van der Waals surface area (Å²) in [5.41, 5.74) is 3.99. The second-order valence-electron chi connectivity index (χ2n) is 8.58. The third-order valence-corrected chi connectivity index (χ3v) is 4.82. The van der Waals surface area contributed by atoms with Crippen LogP contribution in [-0.4, -0.2) is 21.6 Å². The molecule has 0 saturated heterocycles. The number of rotatable bonds is 6. The number of ether oxygens (including phenoxy) is 2. The fourth-order valence-electron chi connectivity index (χ4n) is 3.16. The van der Waals surface area contributed by atoms with Crippen molar-refractivity contribution in [3.63, 3.8) is 0 Å². The van der Waals surface area contributed by atoms with Crippen LogP contribution in [0.25, 0.3) is 22.7 Å². The van der Waals surface area contributed by atoms with E-state index in [1.165, 1.54) is 0 Å². The Balaban J connectivity index is 1.74. The first-order valence-electron chi connectivity index (χ1n) is 10.5. The van der Waals surface area contributed by atoms with Gasteiger partial charge in [0.05, 0.1) is 6.61 Å². The van der Waals surface area contributed by atoms with Crippen molar-refractivity contribution in [2.75, 3.05) is 6.61 Å². The molecule has 6 nitrogen and oxygen atoms in total. The van der Waals surface area contributed by atoms with Crippen LogP contribution in [0.1, 0.15) is 45.2 Å². The average Bonchev–Trinajstić information content (AvgIpc) is 3.16. The number of fused-ring (bicyclic) bond motifs is 1. The topological polar surface area (TPSA) is 70.3 Å². The van der Waals surface area contributed by atoms with Crippen molar-refractivity contribution < 1.29 is 13.9 Å². The Morgan fingerprint density at radius 2 is 1.77 bits per heavy atom. The average molecular weight is 418 g/mol. The second-order valence-corrected chi connectivity index (χ2v) is 8.58. The molecule has 2 aromatic carbocycles. The number of benzene rings is 2. The molecule has 160 valence electrons. The van der Waals surface area contributed by atoms with Crippen molar-refractivity contribution in [3.05, 3.63) is 59.7 Å². The number of aryl methyl sites for hydroxylation is 1. The van der Waals surface area contributed by atoms with Gasteiger partial charge in [-0.1, -0.05) is 57.5 Å². The third kappa shape index (κ3) is 4.68. The summed E-state index contributed by atoms with van der Waals surface area (Å²) in [6.45, 7) is 11.1. The van der Waals surface area contributed by atoms with Crippen LogP contribution in [0.3, 0.4) is 0 Å². The van der Waals surface area contributed by atoms with Gasteiger partial charge in [-0.3, -0.25) is 0 Å². The Morgan fingerprint density at radius 1 is 0.968 bits per heavy atom. The first-order valence-corrected chi connectivity index (χ1v) is 10.5. The van der Waals surface area contributed by atoms with Gasteiger partial charge >= 0.3 is 6.01 Å². The van der Waals surface area contributed by atoms with Gasteiger partial charge in [-0.05, 0) is 48.6 Å². The maximum atomic E-state index is 5.99.